The Morgan fingerprint density at radius 3 is 2.00 bits per heavy atom. The molecular formula is C9H21NO2. The van der Waals surface area contributed by atoms with Gasteiger partial charge < -0.3 is 15.5 Å². The van der Waals surface area contributed by atoms with Crippen LogP contribution in [0, 0.1) is 11.8 Å². The van der Waals surface area contributed by atoms with Gasteiger partial charge in [-0.2, -0.15) is 0 Å². The molecule has 0 heterocycles. The Labute approximate surface area is 74.8 Å². The van der Waals surface area contributed by atoms with Gasteiger partial charge in [0.2, 0.25) is 0 Å². The largest absolute Gasteiger partial charge is 0.396 e. The van der Waals surface area contributed by atoms with Crippen LogP contribution in [0.4, 0.5) is 0 Å². The molecule has 0 bridgehead atoms. The smallest absolute Gasteiger partial charge is 0.0587 e. The van der Waals surface area contributed by atoms with Gasteiger partial charge >= 0.3 is 0 Å². The van der Waals surface area contributed by atoms with Gasteiger partial charge in [-0.15, -0.1) is 0 Å². The maximum absolute atomic E-state index is 8.96. The molecule has 0 radical (unpaired) electrons. The van der Waals surface area contributed by atoms with Crippen LogP contribution in [-0.2, 0) is 0 Å². The molecule has 3 nitrogen and oxygen atoms in total. The second-order valence-electron chi connectivity index (χ2n) is 3.73. The first-order chi connectivity index (χ1) is 5.61. The van der Waals surface area contributed by atoms with Crippen LogP contribution in [0.1, 0.15) is 20.8 Å². The van der Waals surface area contributed by atoms with Crippen molar-refractivity contribution in [3.05, 3.63) is 0 Å². The number of nitrogens with one attached hydrogen (secondary N) is 1. The van der Waals surface area contributed by atoms with E-state index in [1.54, 1.807) is 0 Å². The number of aliphatic hydroxyl groups excluding tert-OH is 2. The summed E-state index contributed by atoms with van der Waals surface area (Å²) in [5, 5.41) is 20.9. The van der Waals surface area contributed by atoms with E-state index in [1.807, 2.05) is 6.92 Å². The average Bonchev–Trinajstić information content (AvgIpc) is 2.04. The fourth-order valence-electron chi connectivity index (χ4n) is 0.928. The molecule has 0 aromatic rings. The highest BCUT2D eigenvalue weighted by Gasteiger charge is 2.11. The second-order valence-corrected chi connectivity index (χ2v) is 3.73. The molecule has 12 heavy (non-hydrogen) atoms. The zero-order valence-electron chi connectivity index (χ0n) is 8.25. The van der Waals surface area contributed by atoms with Crippen LogP contribution < -0.4 is 5.32 Å². The van der Waals surface area contributed by atoms with Crippen molar-refractivity contribution in [1.29, 1.82) is 0 Å². The molecule has 0 aromatic heterocycles. The van der Waals surface area contributed by atoms with E-state index in [1.165, 1.54) is 0 Å². The van der Waals surface area contributed by atoms with Crippen LogP contribution in [0.3, 0.4) is 0 Å². The van der Waals surface area contributed by atoms with Gasteiger partial charge in [-0.25, -0.2) is 0 Å². The molecular weight excluding hydrogens is 154 g/mol. The number of aliphatic hydroxyl groups is 2. The van der Waals surface area contributed by atoms with Gasteiger partial charge in [0.25, 0.3) is 0 Å². The molecule has 0 saturated carbocycles. The SMILES string of the molecule is CC(CO)CNC(CO)C(C)C. The Balaban J connectivity index is 3.58. The van der Waals surface area contributed by atoms with E-state index in [9.17, 15) is 0 Å². The average molecular weight is 175 g/mol. The van der Waals surface area contributed by atoms with E-state index in [0.29, 0.717) is 5.92 Å². The van der Waals surface area contributed by atoms with Crippen molar-refractivity contribution in [1.82, 2.24) is 5.32 Å². The molecule has 0 aliphatic rings. The van der Waals surface area contributed by atoms with Crippen LogP contribution in [-0.4, -0.2) is 36.0 Å². The fraction of sp³-hybridized carbons (Fsp3) is 1.00. The summed E-state index contributed by atoms with van der Waals surface area (Å²) in [7, 11) is 0. The predicted molar refractivity (Wildman–Crippen MR) is 50.0 cm³/mol. The summed E-state index contributed by atoms with van der Waals surface area (Å²) in [6.45, 7) is 7.23. The van der Waals surface area contributed by atoms with Crippen LogP contribution in [0.5, 0.6) is 0 Å². The van der Waals surface area contributed by atoms with Gasteiger partial charge in [-0.3, -0.25) is 0 Å². The van der Waals surface area contributed by atoms with Crippen molar-refractivity contribution in [2.24, 2.45) is 11.8 Å². The van der Waals surface area contributed by atoms with Crippen molar-refractivity contribution in [2.75, 3.05) is 19.8 Å². The summed E-state index contributed by atoms with van der Waals surface area (Å²) in [6.07, 6.45) is 0. The van der Waals surface area contributed by atoms with E-state index >= 15 is 0 Å². The normalized spacial score (nSPS) is 16.5. The molecule has 0 aromatic carbocycles. The van der Waals surface area contributed by atoms with E-state index < -0.39 is 0 Å². The standard InChI is InChI=1S/C9H21NO2/c1-7(2)9(6-12)10-4-8(3)5-11/h7-12H,4-6H2,1-3H3. The summed E-state index contributed by atoms with van der Waals surface area (Å²) < 4.78 is 0. The van der Waals surface area contributed by atoms with Crippen molar-refractivity contribution < 1.29 is 10.2 Å². The third-order valence-corrected chi connectivity index (χ3v) is 2.04. The molecule has 2 atom stereocenters. The number of hydrogen-bond acceptors (Lipinski definition) is 3. The predicted octanol–water partition coefficient (Wildman–Crippen LogP) is 0.221. The van der Waals surface area contributed by atoms with Crippen LogP contribution in [0.2, 0.25) is 0 Å². The first kappa shape index (κ1) is 11.9. The molecule has 3 N–H and O–H groups in total. The molecule has 74 valence electrons. The third-order valence-electron chi connectivity index (χ3n) is 2.04. The van der Waals surface area contributed by atoms with Crippen LogP contribution >= 0.6 is 0 Å². The highest BCUT2D eigenvalue weighted by molar-refractivity contribution is 4.70. The zero-order valence-corrected chi connectivity index (χ0v) is 8.25. The van der Waals surface area contributed by atoms with Gasteiger partial charge in [0, 0.05) is 19.2 Å². The molecule has 0 amide bonds. The minimum Gasteiger partial charge on any atom is -0.396 e. The maximum atomic E-state index is 8.96. The van der Waals surface area contributed by atoms with E-state index in [0.717, 1.165) is 6.54 Å². The molecule has 0 fully saturated rings. The Hall–Kier alpha value is -0.120. The Kier molecular flexibility index (Phi) is 6.34. The summed E-state index contributed by atoms with van der Waals surface area (Å²) in [5.74, 6) is 0.693. The highest BCUT2D eigenvalue weighted by Crippen LogP contribution is 2.01. The Morgan fingerprint density at radius 1 is 1.08 bits per heavy atom. The highest BCUT2D eigenvalue weighted by atomic mass is 16.3. The second kappa shape index (κ2) is 6.40. The fourth-order valence-corrected chi connectivity index (χ4v) is 0.928. The van der Waals surface area contributed by atoms with E-state index in [2.05, 4.69) is 19.2 Å². The van der Waals surface area contributed by atoms with Gasteiger partial charge in [0.1, 0.15) is 0 Å². The van der Waals surface area contributed by atoms with Crippen molar-refractivity contribution in [2.45, 2.75) is 26.8 Å². The monoisotopic (exact) mass is 175 g/mol. The Morgan fingerprint density at radius 2 is 1.67 bits per heavy atom. The molecule has 0 aliphatic heterocycles. The Bertz CT molecular complexity index is 107. The van der Waals surface area contributed by atoms with Gasteiger partial charge in [-0.05, 0) is 11.8 Å². The zero-order chi connectivity index (χ0) is 9.56. The lowest BCUT2D eigenvalue weighted by molar-refractivity contribution is 0.188. The third kappa shape index (κ3) is 4.70. The minimum atomic E-state index is 0.152. The van der Waals surface area contributed by atoms with Crippen molar-refractivity contribution in [3.63, 3.8) is 0 Å². The number of hydrogen-bond donors (Lipinski definition) is 3. The molecule has 2 unspecified atom stereocenters. The van der Waals surface area contributed by atoms with E-state index in [4.69, 9.17) is 10.2 Å². The topological polar surface area (TPSA) is 52.5 Å². The molecule has 0 rings (SSSR count). The summed E-state index contributed by atoms with van der Waals surface area (Å²) in [5.41, 5.74) is 0. The van der Waals surface area contributed by atoms with Crippen LogP contribution in [0.25, 0.3) is 0 Å². The molecule has 3 heteroatoms. The lowest BCUT2D eigenvalue weighted by Gasteiger charge is -2.21. The number of rotatable bonds is 6. The lowest BCUT2D eigenvalue weighted by Crippen LogP contribution is -2.39. The van der Waals surface area contributed by atoms with Gasteiger partial charge in [0.15, 0.2) is 0 Å². The lowest BCUT2D eigenvalue weighted by atomic mass is 10.0. The maximum Gasteiger partial charge on any atom is 0.0587 e. The summed E-state index contributed by atoms with van der Waals surface area (Å²) >= 11 is 0. The van der Waals surface area contributed by atoms with Crippen molar-refractivity contribution >= 4 is 0 Å². The van der Waals surface area contributed by atoms with Gasteiger partial charge in [-0.1, -0.05) is 20.8 Å². The quantitative estimate of drug-likeness (QED) is 0.541. The minimum absolute atomic E-state index is 0.152. The summed E-state index contributed by atoms with van der Waals surface area (Å²) in [4.78, 5) is 0. The van der Waals surface area contributed by atoms with E-state index in [-0.39, 0.29) is 25.2 Å². The molecule has 0 saturated heterocycles. The van der Waals surface area contributed by atoms with Gasteiger partial charge in [0.05, 0.1) is 6.61 Å². The summed E-state index contributed by atoms with van der Waals surface area (Å²) in [6, 6.07) is 0.152. The van der Waals surface area contributed by atoms with Crippen LogP contribution in [0.15, 0.2) is 0 Å². The first-order valence-corrected chi connectivity index (χ1v) is 4.56. The molecule has 0 spiro atoms. The molecule has 0 aliphatic carbocycles. The van der Waals surface area contributed by atoms with Crippen molar-refractivity contribution in [3.8, 4) is 0 Å². The first-order valence-electron chi connectivity index (χ1n) is 4.56.